The van der Waals surface area contributed by atoms with Gasteiger partial charge in [-0.3, -0.25) is 19.7 Å². The molecule has 0 saturated heterocycles. The summed E-state index contributed by atoms with van der Waals surface area (Å²) >= 11 is 5.80. The molecule has 10 heteroatoms. The molecule has 2 aromatic carbocycles. The number of rotatable bonds is 9. The fourth-order valence-electron chi connectivity index (χ4n) is 2.83. The first-order valence-electron chi connectivity index (χ1n) is 8.92. The van der Waals surface area contributed by atoms with Gasteiger partial charge in [-0.15, -0.1) is 0 Å². The van der Waals surface area contributed by atoms with E-state index in [4.69, 9.17) is 16.3 Å². The first-order chi connectivity index (χ1) is 14.2. The number of benzene rings is 2. The number of aliphatic carboxylic acids is 1. The lowest BCUT2D eigenvalue weighted by atomic mass is 9.88. The lowest BCUT2D eigenvalue weighted by molar-refractivity contribution is -0.384. The molecule has 2 atom stereocenters. The zero-order valence-corrected chi connectivity index (χ0v) is 16.7. The summed E-state index contributed by atoms with van der Waals surface area (Å²) in [6, 6.07) is 9.46. The second-order valence-corrected chi connectivity index (χ2v) is 6.70. The van der Waals surface area contributed by atoms with Gasteiger partial charge in [-0.05, 0) is 36.8 Å². The van der Waals surface area contributed by atoms with E-state index in [9.17, 15) is 29.6 Å². The number of nitrogens with zero attached hydrogens (tertiary/aromatic N) is 1. The number of nitrogens with one attached hydrogen (secondary N) is 1. The van der Waals surface area contributed by atoms with Crippen LogP contribution in [0.4, 0.5) is 5.69 Å². The molecule has 2 aromatic rings. The van der Waals surface area contributed by atoms with E-state index < -0.39 is 34.7 Å². The van der Waals surface area contributed by atoms with Gasteiger partial charge in [0.1, 0.15) is 6.04 Å². The largest absolute Gasteiger partial charge is 0.480 e. The van der Waals surface area contributed by atoms with Crippen LogP contribution in [0.15, 0.2) is 48.5 Å². The highest BCUT2D eigenvalue weighted by molar-refractivity contribution is 6.30. The molecule has 2 N–H and O–H groups in total. The van der Waals surface area contributed by atoms with Crippen LogP contribution in [0.3, 0.4) is 0 Å². The molecule has 158 valence electrons. The van der Waals surface area contributed by atoms with Crippen LogP contribution in [0.5, 0.6) is 0 Å². The van der Waals surface area contributed by atoms with Crippen LogP contribution >= 0.6 is 11.6 Å². The van der Waals surface area contributed by atoms with Crippen molar-refractivity contribution in [3.8, 4) is 0 Å². The van der Waals surface area contributed by atoms with E-state index >= 15 is 0 Å². The molecule has 0 bridgehead atoms. The molecular formula is C20H19ClN2O7. The van der Waals surface area contributed by atoms with Crippen LogP contribution in [0.1, 0.15) is 35.2 Å². The number of hydrogen-bond acceptors (Lipinski definition) is 6. The third kappa shape index (κ3) is 6.02. The van der Waals surface area contributed by atoms with E-state index in [0.29, 0.717) is 10.6 Å². The predicted molar refractivity (Wildman–Crippen MR) is 107 cm³/mol. The molecule has 0 aromatic heterocycles. The van der Waals surface area contributed by atoms with E-state index in [1.807, 2.05) is 0 Å². The monoisotopic (exact) mass is 434 g/mol. The Morgan fingerprint density at radius 1 is 1.13 bits per heavy atom. The Balaban J connectivity index is 2.36. The van der Waals surface area contributed by atoms with Crippen molar-refractivity contribution >= 4 is 35.1 Å². The average Bonchev–Trinajstić information content (AvgIpc) is 2.71. The Morgan fingerprint density at radius 2 is 1.73 bits per heavy atom. The molecule has 0 aliphatic heterocycles. The number of nitro benzene ring substituents is 1. The number of carbonyl (C=O) groups excluding carboxylic acids is 2. The molecule has 0 fully saturated rings. The van der Waals surface area contributed by atoms with Crippen LogP contribution in [0.25, 0.3) is 0 Å². The van der Waals surface area contributed by atoms with Gasteiger partial charge >= 0.3 is 11.9 Å². The van der Waals surface area contributed by atoms with E-state index in [-0.39, 0.29) is 24.3 Å². The number of esters is 1. The maximum absolute atomic E-state index is 12.5. The van der Waals surface area contributed by atoms with E-state index in [1.165, 1.54) is 48.5 Å². The lowest BCUT2D eigenvalue weighted by Crippen LogP contribution is -2.45. The minimum Gasteiger partial charge on any atom is -0.480 e. The highest BCUT2D eigenvalue weighted by Gasteiger charge is 2.33. The number of amides is 1. The molecule has 0 heterocycles. The van der Waals surface area contributed by atoms with Crippen molar-refractivity contribution in [3.63, 3.8) is 0 Å². The molecule has 30 heavy (non-hydrogen) atoms. The Morgan fingerprint density at radius 3 is 2.23 bits per heavy atom. The molecule has 0 aliphatic carbocycles. The van der Waals surface area contributed by atoms with Gasteiger partial charge in [0.2, 0.25) is 0 Å². The Bertz CT molecular complexity index is 929. The molecule has 0 aliphatic rings. The highest BCUT2D eigenvalue weighted by Crippen LogP contribution is 2.27. The van der Waals surface area contributed by atoms with Crippen molar-refractivity contribution in [3.05, 3.63) is 74.8 Å². The normalized spacial score (nSPS) is 12.5. The summed E-state index contributed by atoms with van der Waals surface area (Å²) in [5, 5.41) is 23.4. The van der Waals surface area contributed by atoms with Crippen molar-refractivity contribution in [2.24, 2.45) is 0 Å². The zero-order chi connectivity index (χ0) is 22.3. The van der Waals surface area contributed by atoms with Crippen LogP contribution < -0.4 is 5.32 Å². The number of carboxylic acid groups (broad SMARTS) is 1. The lowest BCUT2D eigenvalue weighted by Gasteiger charge is -2.25. The van der Waals surface area contributed by atoms with Crippen LogP contribution in [0.2, 0.25) is 5.02 Å². The summed E-state index contributed by atoms with van der Waals surface area (Å²) in [7, 11) is 0. The number of carbonyl (C=O) groups is 3. The predicted octanol–water partition coefficient (Wildman–Crippen LogP) is 3.17. The molecule has 1 amide bonds. The standard InChI is InChI=1S/C20H19ClN2O7/c1-2-30-17(24)11-16(12-5-9-15(10-6-12)23(28)29)18(20(26)27)22-19(25)13-3-7-14(21)8-4-13/h3-10,16,18H,2,11H2,1H3,(H,22,25)(H,26,27)/t16-,18-/m1/s1. The van der Waals surface area contributed by atoms with Crippen LogP contribution in [0, 0.1) is 10.1 Å². The first-order valence-corrected chi connectivity index (χ1v) is 9.30. The summed E-state index contributed by atoms with van der Waals surface area (Å²) < 4.78 is 4.92. The quantitative estimate of drug-likeness (QED) is 0.351. The van der Waals surface area contributed by atoms with Gasteiger partial charge < -0.3 is 15.2 Å². The van der Waals surface area contributed by atoms with Crippen molar-refractivity contribution in [2.45, 2.75) is 25.3 Å². The molecular weight excluding hydrogens is 416 g/mol. The summed E-state index contributed by atoms with van der Waals surface area (Å²) in [6.45, 7) is 1.70. The Hall–Kier alpha value is -3.46. The number of halogens is 1. The maximum atomic E-state index is 12.5. The minimum absolute atomic E-state index is 0.0979. The minimum atomic E-state index is -1.49. The van der Waals surface area contributed by atoms with E-state index in [0.717, 1.165) is 0 Å². The number of ether oxygens (including phenoxy) is 1. The second kappa shape index (κ2) is 10.4. The number of carboxylic acids is 1. The molecule has 0 saturated carbocycles. The number of nitro groups is 1. The smallest absolute Gasteiger partial charge is 0.326 e. The second-order valence-electron chi connectivity index (χ2n) is 6.26. The van der Waals surface area contributed by atoms with Gasteiger partial charge in [0.25, 0.3) is 11.6 Å². The fourth-order valence-corrected chi connectivity index (χ4v) is 2.96. The van der Waals surface area contributed by atoms with Crippen molar-refractivity contribution in [1.82, 2.24) is 5.32 Å². The maximum Gasteiger partial charge on any atom is 0.326 e. The first kappa shape index (κ1) is 22.8. The van der Waals surface area contributed by atoms with Gasteiger partial charge in [0.05, 0.1) is 18.0 Å². The Kier molecular flexibility index (Phi) is 7.88. The summed E-state index contributed by atoms with van der Waals surface area (Å²) in [6.07, 6.45) is -0.344. The van der Waals surface area contributed by atoms with Crippen LogP contribution in [-0.4, -0.2) is 40.5 Å². The van der Waals surface area contributed by atoms with Crippen LogP contribution in [-0.2, 0) is 14.3 Å². The fraction of sp³-hybridized carbons (Fsp3) is 0.250. The summed E-state index contributed by atoms with van der Waals surface area (Å²) in [5.74, 6) is -3.72. The number of hydrogen-bond donors (Lipinski definition) is 2. The van der Waals surface area contributed by atoms with Gasteiger partial charge in [0.15, 0.2) is 0 Å². The Labute approximate surface area is 176 Å². The van der Waals surface area contributed by atoms with Crippen molar-refractivity contribution < 1.29 is 29.2 Å². The van der Waals surface area contributed by atoms with E-state index in [2.05, 4.69) is 5.32 Å². The van der Waals surface area contributed by atoms with Gasteiger partial charge in [-0.25, -0.2) is 4.79 Å². The van der Waals surface area contributed by atoms with Crippen molar-refractivity contribution in [2.75, 3.05) is 6.61 Å². The molecule has 0 unspecified atom stereocenters. The van der Waals surface area contributed by atoms with Gasteiger partial charge in [-0.1, -0.05) is 23.7 Å². The third-order valence-corrected chi connectivity index (χ3v) is 4.54. The highest BCUT2D eigenvalue weighted by atomic mass is 35.5. The summed E-state index contributed by atoms with van der Waals surface area (Å²) in [5.41, 5.74) is 0.326. The SMILES string of the molecule is CCOC(=O)C[C@H](c1ccc([N+](=O)[O-])cc1)[C@@H](NC(=O)c1ccc(Cl)cc1)C(=O)O. The van der Waals surface area contributed by atoms with Gasteiger partial charge in [0, 0.05) is 28.6 Å². The molecule has 9 nitrogen and oxygen atoms in total. The van der Waals surface area contributed by atoms with Crippen molar-refractivity contribution in [1.29, 1.82) is 0 Å². The average molecular weight is 435 g/mol. The molecule has 2 rings (SSSR count). The number of non-ortho nitro benzene ring substituents is 1. The van der Waals surface area contributed by atoms with E-state index in [1.54, 1.807) is 6.92 Å². The zero-order valence-electron chi connectivity index (χ0n) is 15.9. The summed E-state index contributed by atoms with van der Waals surface area (Å²) in [4.78, 5) is 46.9. The topological polar surface area (TPSA) is 136 Å². The molecule has 0 spiro atoms. The third-order valence-electron chi connectivity index (χ3n) is 4.29. The van der Waals surface area contributed by atoms with Gasteiger partial charge in [-0.2, -0.15) is 0 Å². The molecule has 0 radical (unpaired) electrons.